The second-order valence-corrected chi connectivity index (χ2v) is 4.72. The fourth-order valence-corrected chi connectivity index (χ4v) is 2.24. The molecule has 4 heteroatoms. The van der Waals surface area contributed by atoms with Gasteiger partial charge in [-0.3, -0.25) is 4.79 Å². The molecule has 0 heterocycles. The molecule has 1 fully saturated rings. The topological polar surface area (TPSA) is 64.3 Å². The van der Waals surface area contributed by atoms with Crippen LogP contribution < -0.4 is 15.8 Å². The number of hydrogen-bond acceptors (Lipinski definition) is 3. The van der Waals surface area contributed by atoms with Crippen LogP contribution in [0.15, 0.2) is 24.3 Å². The molecular formula is C14H20N2O2. The molecule has 0 saturated heterocycles. The summed E-state index contributed by atoms with van der Waals surface area (Å²) in [6.45, 7) is 0.391. The molecular weight excluding hydrogens is 228 g/mol. The Bertz CT molecular complexity index is 401. The van der Waals surface area contributed by atoms with Crippen molar-refractivity contribution in [1.29, 1.82) is 0 Å². The normalized spacial score (nSPS) is 15.6. The maximum Gasteiger partial charge on any atom is 0.223 e. The van der Waals surface area contributed by atoms with Crippen LogP contribution in [-0.4, -0.2) is 18.6 Å². The highest BCUT2D eigenvalue weighted by Crippen LogP contribution is 2.18. The molecule has 3 N–H and O–H groups in total. The predicted molar refractivity (Wildman–Crippen MR) is 71.4 cm³/mol. The quantitative estimate of drug-likeness (QED) is 0.784. The average molecular weight is 248 g/mol. The maximum atomic E-state index is 11.6. The maximum absolute atomic E-state index is 11.6. The summed E-state index contributed by atoms with van der Waals surface area (Å²) in [6.07, 6.45) is 5.07. The molecule has 0 aliphatic heterocycles. The lowest BCUT2D eigenvalue weighted by atomic mass is 10.2. The highest BCUT2D eigenvalue weighted by molar-refractivity contribution is 5.76. The van der Waals surface area contributed by atoms with Gasteiger partial charge in [-0.1, -0.05) is 18.9 Å². The summed E-state index contributed by atoms with van der Waals surface area (Å²) in [5, 5.41) is 3.03. The Hall–Kier alpha value is -1.71. The van der Waals surface area contributed by atoms with Gasteiger partial charge in [-0.2, -0.15) is 0 Å². The number of carbonyl (C=O) groups excluding carboxylic acids is 1. The van der Waals surface area contributed by atoms with Gasteiger partial charge in [0.15, 0.2) is 0 Å². The van der Waals surface area contributed by atoms with Gasteiger partial charge in [0.25, 0.3) is 0 Å². The Morgan fingerprint density at radius 1 is 1.39 bits per heavy atom. The first-order valence-electron chi connectivity index (χ1n) is 6.52. The van der Waals surface area contributed by atoms with Crippen LogP contribution in [0, 0.1) is 0 Å². The molecule has 98 valence electrons. The molecule has 18 heavy (non-hydrogen) atoms. The summed E-state index contributed by atoms with van der Waals surface area (Å²) in [7, 11) is 0. The van der Waals surface area contributed by atoms with Gasteiger partial charge in [0.2, 0.25) is 5.91 Å². The molecule has 0 bridgehead atoms. The van der Waals surface area contributed by atoms with Crippen molar-refractivity contribution >= 4 is 11.6 Å². The van der Waals surface area contributed by atoms with Crippen molar-refractivity contribution in [2.24, 2.45) is 0 Å². The number of benzene rings is 1. The van der Waals surface area contributed by atoms with E-state index in [4.69, 9.17) is 10.5 Å². The van der Waals surface area contributed by atoms with Gasteiger partial charge in [0.1, 0.15) is 5.75 Å². The lowest BCUT2D eigenvalue weighted by Crippen LogP contribution is -2.33. The van der Waals surface area contributed by atoms with Crippen molar-refractivity contribution in [3.8, 4) is 5.75 Å². The molecule has 0 spiro atoms. The third-order valence-corrected chi connectivity index (χ3v) is 3.18. The third-order valence-electron chi connectivity index (χ3n) is 3.18. The van der Waals surface area contributed by atoms with Gasteiger partial charge in [0, 0.05) is 17.8 Å². The number of anilines is 1. The SMILES string of the molecule is Nc1cccc(OCCC(=O)NC2CCCC2)c1. The summed E-state index contributed by atoms with van der Waals surface area (Å²) < 4.78 is 5.48. The van der Waals surface area contributed by atoms with Gasteiger partial charge in [-0.25, -0.2) is 0 Å². The number of nitrogen functional groups attached to an aromatic ring is 1. The van der Waals surface area contributed by atoms with Crippen molar-refractivity contribution in [3.05, 3.63) is 24.3 Å². The summed E-state index contributed by atoms with van der Waals surface area (Å²) in [6, 6.07) is 7.62. The Morgan fingerprint density at radius 2 is 2.17 bits per heavy atom. The van der Waals surface area contributed by atoms with Crippen molar-refractivity contribution in [1.82, 2.24) is 5.32 Å². The molecule has 0 unspecified atom stereocenters. The largest absolute Gasteiger partial charge is 0.493 e. The molecule has 0 aromatic heterocycles. The Labute approximate surface area is 108 Å². The standard InChI is InChI=1S/C14H20N2O2/c15-11-4-3-7-13(10-11)18-9-8-14(17)16-12-5-1-2-6-12/h3-4,7,10,12H,1-2,5-6,8-9,15H2,(H,16,17). The van der Waals surface area contributed by atoms with Gasteiger partial charge in [-0.15, -0.1) is 0 Å². The molecule has 1 aromatic rings. The zero-order chi connectivity index (χ0) is 12.8. The zero-order valence-electron chi connectivity index (χ0n) is 10.5. The summed E-state index contributed by atoms with van der Waals surface area (Å²) >= 11 is 0. The minimum atomic E-state index is 0.0748. The Balaban J connectivity index is 1.66. The predicted octanol–water partition coefficient (Wildman–Crippen LogP) is 2.10. The van der Waals surface area contributed by atoms with Gasteiger partial charge in [0.05, 0.1) is 13.0 Å². The monoisotopic (exact) mass is 248 g/mol. The molecule has 1 aromatic carbocycles. The fourth-order valence-electron chi connectivity index (χ4n) is 2.24. The highest BCUT2D eigenvalue weighted by Gasteiger charge is 2.16. The van der Waals surface area contributed by atoms with Crippen LogP contribution in [0.2, 0.25) is 0 Å². The van der Waals surface area contributed by atoms with Crippen molar-refractivity contribution in [2.45, 2.75) is 38.1 Å². The van der Waals surface area contributed by atoms with E-state index in [1.807, 2.05) is 12.1 Å². The number of nitrogens with two attached hydrogens (primary N) is 1. The number of carbonyl (C=O) groups is 1. The highest BCUT2D eigenvalue weighted by atomic mass is 16.5. The van der Waals surface area contributed by atoms with Crippen molar-refractivity contribution in [2.75, 3.05) is 12.3 Å². The minimum absolute atomic E-state index is 0.0748. The molecule has 1 amide bonds. The van der Waals surface area contributed by atoms with E-state index in [9.17, 15) is 4.79 Å². The Morgan fingerprint density at radius 3 is 2.89 bits per heavy atom. The van der Waals surface area contributed by atoms with E-state index in [-0.39, 0.29) is 5.91 Å². The van der Waals surface area contributed by atoms with Crippen molar-refractivity contribution < 1.29 is 9.53 Å². The van der Waals surface area contributed by atoms with Crippen LogP contribution in [0.3, 0.4) is 0 Å². The van der Waals surface area contributed by atoms with Crippen molar-refractivity contribution in [3.63, 3.8) is 0 Å². The number of nitrogens with one attached hydrogen (secondary N) is 1. The molecule has 1 aliphatic carbocycles. The van der Waals surface area contributed by atoms with E-state index in [0.717, 1.165) is 12.8 Å². The fraction of sp³-hybridized carbons (Fsp3) is 0.500. The molecule has 1 aliphatic rings. The third kappa shape index (κ3) is 3.95. The molecule has 2 rings (SSSR count). The average Bonchev–Trinajstić information content (AvgIpc) is 2.82. The first-order chi connectivity index (χ1) is 8.74. The van der Waals surface area contributed by atoms with Gasteiger partial charge < -0.3 is 15.8 Å². The van der Waals surface area contributed by atoms with Crippen LogP contribution in [0.4, 0.5) is 5.69 Å². The zero-order valence-corrected chi connectivity index (χ0v) is 10.5. The summed E-state index contributed by atoms with van der Waals surface area (Å²) in [5.41, 5.74) is 6.31. The summed E-state index contributed by atoms with van der Waals surface area (Å²) in [4.78, 5) is 11.6. The lowest BCUT2D eigenvalue weighted by molar-refractivity contribution is -0.122. The smallest absolute Gasteiger partial charge is 0.223 e. The van der Waals surface area contributed by atoms with E-state index in [1.54, 1.807) is 12.1 Å². The Kier molecular flexibility index (Phi) is 4.45. The summed E-state index contributed by atoms with van der Waals surface area (Å²) in [5.74, 6) is 0.787. The number of rotatable bonds is 5. The van der Waals surface area contributed by atoms with E-state index in [1.165, 1.54) is 12.8 Å². The number of ether oxygens (including phenoxy) is 1. The number of hydrogen-bond donors (Lipinski definition) is 2. The van der Waals surface area contributed by atoms with Crippen LogP contribution >= 0.6 is 0 Å². The van der Waals surface area contributed by atoms with E-state index in [2.05, 4.69) is 5.32 Å². The number of amides is 1. The minimum Gasteiger partial charge on any atom is -0.493 e. The second-order valence-electron chi connectivity index (χ2n) is 4.72. The van der Waals surface area contributed by atoms with E-state index < -0.39 is 0 Å². The molecule has 0 radical (unpaired) electrons. The first-order valence-corrected chi connectivity index (χ1v) is 6.52. The van der Waals surface area contributed by atoms with Crippen LogP contribution in [0.25, 0.3) is 0 Å². The van der Waals surface area contributed by atoms with Gasteiger partial charge >= 0.3 is 0 Å². The first kappa shape index (κ1) is 12.7. The van der Waals surface area contributed by atoms with E-state index >= 15 is 0 Å². The van der Waals surface area contributed by atoms with Crippen LogP contribution in [-0.2, 0) is 4.79 Å². The lowest BCUT2D eigenvalue weighted by Gasteiger charge is -2.12. The van der Waals surface area contributed by atoms with Crippen LogP contribution in [0.1, 0.15) is 32.1 Å². The molecule has 0 atom stereocenters. The second kappa shape index (κ2) is 6.28. The molecule has 4 nitrogen and oxygen atoms in total. The molecule has 1 saturated carbocycles. The van der Waals surface area contributed by atoms with E-state index in [0.29, 0.717) is 30.5 Å². The van der Waals surface area contributed by atoms with Gasteiger partial charge in [-0.05, 0) is 25.0 Å². The van der Waals surface area contributed by atoms with Crippen LogP contribution in [0.5, 0.6) is 5.75 Å².